The molecule has 0 aliphatic rings. The monoisotopic (exact) mass is 229 g/mol. The van der Waals surface area contributed by atoms with Crippen LogP contribution in [0.25, 0.3) is 21.7 Å². The van der Waals surface area contributed by atoms with Crippen LogP contribution in [0.1, 0.15) is 12.6 Å². The second-order valence-electron chi connectivity index (χ2n) is 3.65. The molecule has 0 amide bonds. The molecule has 3 rings (SSSR count). The van der Waals surface area contributed by atoms with Gasteiger partial charge in [0.25, 0.3) is 0 Å². The molecule has 0 unspecified atom stereocenters. The molecule has 0 fully saturated rings. The van der Waals surface area contributed by atoms with Gasteiger partial charge in [-0.15, -0.1) is 11.3 Å². The average molecular weight is 229 g/mol. The highest BCUT2D eigenvalue weighted by atomic mass is 32.1. The van der Waals surface area contributed by atoms with Crippen LogP contribution in [0.4, 0.5) is 0 Å². The summed E-state index contributed by atoms with van der Waals surface area (Å²) in [6.07, 6.45) is 0.969. The molecule has 3 heteroatoms. The Morgan fingerprint density at radius 1 is 1.31 bits per heavy atom. The van der Waals surface area contributed by atoms with Crippen LogP contribution >= 0.6 is 11.3 Å². The molecule has 0 saturated heterocycles. The highest BCUT2D eigenvalue weighted by molar-refractivity contribution is 7.13. The van der Waals surface area contributed by atoms with E-state index in [4.69, 9.17) is 4.42 Å². The number of benzene rings is 1. The van der Waals surface area contributed by atoms with Crippen molar-refractivity contribution in [1.29, 1.82) is 0 Å². The SMILES string of the molecule is CCc1csc(-c2cc3ccccc3o2)n1. The normalized spacial score (nSPS) is 11.1. The Hall–Kier alpha value is -1.61. The standard InChI is InChI=1S/C13H11NOS/c1-2-10-8-16-13(14-10)12-7-9-5-3-4-6-11(9)15-12/h3-8H,2H2,1H3. The topological polar surface area (TPSA) is 26.0 Å². The van der Waals surface area contributed by atoms with Crippen LogP contribution in [-0.4, -0.2) is 4.98 Å². The molecule has 16 heavy (non-hydrogen) atoms. The van der Waals surface area contributed by atoms with Gasteiger partial charge >= 0.3 is 0 Å². The predicted molar refractivity (Wildman–Crippen MR) is 66.7 cm³/mol. The van der Waals surface area contributed by atoms with Gasteiger partial charge in [-0.05, 0) is 18.6 Å². The van der Waals surface area contributed by atoms with Crippen LogP contribution in [0.2, 0.25) is 0 Å². The first-order valence-corrected chi connectivity index (χ1v) is 6.18. The van der Waals surface area contributed by atoms with Gasteiger partial charge in [-0.1, -0.05) is 25.1 Å². The first-order chi connectivity index (χ1) is 7.86. The lowest BCUT2D eigenvalue weighted by Crippen LogP contribution is -1.78. The van der Waals surface area contributed by atoms with E-state index < -0.39 is 0 Å². The van der Waals surface area contributed by atoms with Crippen molar-refractivity contribution in [3.8, 4) is 10.8 Å². The summed E-state index contributed by atoms with van der Waals surface area (Å²) in [4.78, 5) is 4.52. The number of rotatable bonds is 2. The number of para-hydroxylation sites is 1. The van der Waals surface area contributed by atoms with Crippen molar-refractivity contribution in [3.05, 3.63) is 41.4 Å². The molecule has 0 radical (unpaired) electrons. The molecule has 0 bridgehead atoms. The minimum Gasteiger partial charge on any atom is -0.454 e. The van der Waals surface area contributed by atoms with Crippen molar-refractivity contribution in [2.45, 2.75) is 13.3 Å². The van der Waals surface area contributed by atoms with E-state index in [1.807, 2.05) is 24.3 Å². The highest BCUT2D eigenvalue weighted by Crippen LogP contribution is 2.29. The van der Waals surface area contributed by atoms with Crippen molar-refractivity contribution < 1.29 is 4.42 Å². The molecule has 2 aromatic heterocycles. The zero-order valence-corrected chi connectivity index (χ0v) is 9.75. The minimum absolute atomic E-state index is 0.867. The van der Waals surface area contributed by atoms with E-state index >= 15 is 0 Å². The summed E-state index contributed by atoms with van der Waals surface area (Å²) in [6.45, 7) is 2.11. The van der Waals surface area contributed by atoms with Gasteiger partial charge < -0.3 is 4.42 Å². The van der Waals surface area contributed by atoms with Crippen molar-refractivity contribution in [2.75, 3.05) is 0 Å². The molecule has 2 nitrogen and oxygen atoms in total. The second kappa shape index (κ2) is 3.76. The van der Waals surface area contributed by atoms with E-state index in [1.165, 1.54) is 0 Å². The molecule has 2 heterocycles. The van der Waals surface area contributed by atoms with E-state index in [9.17, 15) is 0 Å². The van der Waals surface area contributed by atoms with E-state index in [0.717, 1.165) is 33.9 Å². The Morgan fingerprint density at radius 2 is 2.19 bits per heavy atom. The van der Waals surface area contributed by atoms with Crippen LogP contribution in [0, 0.1) is 0 Å². The zero-order chi connectivity index (χ0) is 11.0. The number of thiazole rings is 1. The number of hydrogen-bond donors (Lipinski definition) is 0. The summed E-state index contributed by atoms with van der Waals surface area (Å²) in [7, 11) is 0. The predicted octanol–water partition coefficient (Wildman–Crippen LogP) is 4.12. The lowest BCUT2D eigenvalue weighted by atomic mass is 10.2. The number of nitrogens with zero attached hydrogens (tertiary/aromatic N) is 1. The Labute approximate surface area is 97.6 Å². The van der Waals surface area contributed by atoms with Crippen LogP contribution in [0.3, 0.4) is 0 Å². The highest BCUT2D eigenvalue weighted by Gasteiger charge is 2.09. The molecular weight excluding hydrogens is 218 g/mol. The van der Waals surface area contributed by atoms with Crippen LogP contribution in [-0.2, 0) is 6.42 Å². The number of aromatic nitrogens is 1. The fraction of sp³-hybridized carbons (Fsp3) is 0.154. The zero-order valence-electron chi connectivity index (χ0n) is 8.93. The quantitative estimate of drug-likeness (QED) is 0.660. The van der Waals surface area contributed by atoms with Crippen molar-refractivity contribution in [1.82, 2.24) is 4.98 Å². The lowest BCUT2D eigenvalue weighted by molar-refractivity contribution is 0.630. The van der Waals surface area contributed by atoms with Crippen molar-refractivity contribution in [3.63, 3.8) is 0 Å². The van der Waals surface area contributed by atoms with Gasteiger partial charge in [-0.3, -0.25) is 0 Å². The molecule has 80 valence electrons. The fourth-order valence-corrected chi connectivity index (χ4v) is 2.52. The number of furan rings is 1. The number of aryl methyl sites for hydroxylation is 1. The summed E-state index contributed by atoms with van der Waals surface area (Å²) in [5.41, 5.74) is 2.05. The van der Waals surface area contributed by atoms with Crippen LogP contribution < -0.4 is 0 Å². The Kier molecular flexibility index (Phi) is 2.26. The first kappa shape index (κ1) is 9.60. The smallest absolute Gasteiger partial charge is 0.164 e. The maximum Gasteiger partial charge on any atom is 0.164 e. The second-order valence-corrected chi connectivity index (χ2v) is 4.50. The number of fused-ring (bicyclic) bond motifs is 1. The third kappa shape index (κ3) is 1.53. The fourth-order valence-electron chi connectivity index (χ4n) is 1.67. The Balaban J connectivity index is 2.11. The van der Waals surface area contributed by atoms with Crippen molar-refractivity contribution in [2.24, 2.45) is 0 Å². The summed E-state index contributed by atoms with van der Waals surface area (Å²) in [5, 5.41) is 4.18. The largest absolute Gasteiger partial charge is 0.454 e. The summed E-state index contributed by atoms with van der Waals surface area (Å²) in [5.74, 6) is 0.867. The maximum absolute atomic E-state index is 5.76. The molecule has 0 spiro atoms. The maximum atomic E-state index is 5.76. The van der Waals surface area contributed by atoms with Gasteiger partial charge in [0, 0.05) is 10.8 Å². The minimum atomic E-state index is 0.867. The molecular formula is C13H11NOS. The molecule has 0 N–H and O–H groups in total. The van der Waals surface area contributed by atoms with Gasteiger partial charge in [0.1, 0.15) is 5.58 Å². The van der Waals surface area contributed by atoms with Gasteiger partial charge in [-0.2, -0.15) is 0 Å². The molecule has 0 aliphatic carbocycles. The van der Waals surface area contributed by atoms with Crippen LogP contribution in [0.15, 0.2) is 40.1 Å². The molecule has 3 aromatic rings. The van der Waals surface area contributed by atoms with Gasteiger partial charge in [0.2, 0.25) is 0 Å². The molecule has 0 saturated carbocycles. The van der Waals surface area contributed by atoms with Crippen LogP contribution in [0.5, 0.6) is 0 Å². The third-order valence-electron chi connectivity index (χ3n) is 2.55. The van der Waals surface area contributed by atoms with E-state index in [0.29, 0.717) is 0 Å². The van der Waals surface area contributed by atoms with E-state index in [2.05, 4.69) is 23.4 Å². The molecule has 0 aliphatic heterocycles. The van der Waals surface area contributed by atoms with E-state index in [1.54, 1.807) is 11.3 Å². The summed E-state index contributed by atoms with van der Waals surface area (Å²) >= 11 is 1.64. The van der Waals surface area contributed by atoms with Gasteiger partial charge in [0.15, 0.2) is 10.8 Å². The Bertz CT molecular complexity index is 590. The third-order valence-corrected chi connectivity index (χ3v) is 3.46. The lowest BCUT2D eigenvalue weighted by Gasteiger charge is -1.87. The number of hydrogen-bond acceptors (Lipinski definition) is 3. The average Bonchev–Trinajstić information content (AvgIpc) is 2.95. The summed E-state index contributed by atoms with van der Waals surface area (Å²) in [6, 6.07) is 10.1. The summed E-state index contributed by atoms with van der Waals surface area (Å²) < 4.78 is 5.76. The van der Waals surface area contributed by atoms with Crippen molar-refractivity contribution >= 4 is 22.3 Å². The molecule has 0 atom stereocenters. The van der Waals surface area contributed by atoms with Gasteiger partial charge in [-0.25, -0.2) is 4.98 Å². The Morgan fingerprint density at radius 3 is 2.94 bits per heavy atom. The van der Waals surface area contributed by atoms with E-state index in [-0.39, 0.29) is 0 Å². The van der Waals surface area contributed by atoms with Gasteiger partial charge in [0.05, 0.1) is 5.69 Å². The first-order valence-electron chi connectivity index (χ1n) is 5.30. The molecule has 1 aromatic carbocycles.